The highest BCUT2D eigenvalue weighted by atomic mass is 35.5. The highest BCUT2D eigenvalue weighted by Crippen LogP contribution is 2.22. The second kappa shape index (κ2) is 8.53. The summed E-state index contributed by atoms with van der Waals surface area (Å²) in [5, 5.41) is 4.61. The van der Waals surface area contributed by atoms with E-state index in [1.807, 2.05) is 50.2 Å². The van der Waals surface area contributed by atoms with Crippen LogP contribution in [0.2, 0.25) is 5.02 Å². The van der Waals surface area contributed by atoms with Crippen LogP contribution in [-0.2, 0) is 4.79 Å². The van der Waals surface area contributed by atoms with Gasteiger partial charge in [-0.1, -0.05) is 23.7 Å². The lowest BCUT2D eigenvalue weighted by Crippen LogP contribution is -2.33. The molecule has 6 heteroatoms. The van der Waals surface area contributed by atoms with Crippen molar-refractivity contribution < 1.29 is 9.53 Å². The number of rotatable bonds is 6. The number of amides is 1. The highest BCUT2D eigenvalue weighted by Gasteiger charge is 2.15. The van der Waals surface area contributed by atoms with Gasteiger partial charge in [-0.2, -0.15) is 5.10 Å². The van der Waals surface area contributed by atoms with Gasteiger partial charge in [-0.15, -0.1) is 0 Å². The van der Waals surface area contributed by atoms with Crippen LogP contribution in [0.25, 0.3) is 0 Å². The fourth-order valence-electron chi connectivity index (χ4n) is 2.11. The summed E-state index contributed by atoms with van der Waals surface area (Å²) >= 11 is 5.91. The summed E-state index contributed by atoms with van der Waals surface area (Å²) in [5.41, 5.74) is 5.36. The molecule has 0 bridgehead atoms. The minimum Gasteiger partial charge on any atom is -0.481 e. The van der Waals surface area contributed by atoms with Crippen molar-refractivity contribution in [2.45, 2.75) is 20.0 Å². The van der Waals surface area contributed by atoms with Gasteiger partial charge < -0.3 is 9.64 Å². The Hall–Kier alpha value is -2.53. The molecule has 1 N–H and O–H groups in total. The summed E-state index contributed by atoms with van der Waals surface area (Å²) in [7, 11) is 3.96. The Morgan fingerprint density at radius 3 is 2.52 bits per heavy atom. The van der Waals surface area contributed by atoms with Crippen LogP contribution >= 0.6 is 11.6 Å². The van der Waals surface area contributed by atoms with Crippen molar-refractivity contribution in [2.75, 3.05) is 19.0 Å². The molecule has 1 atom stereocenters. The Kier molecular flexibility index (Phi) is 6.42. The van der Waals surface area contributed by atoms with Gasteiger partial charge in [0.25, 0.3) is 5.91 Å². The number of benzene rings is 2. The van der Waals surface area contributed by atoms with Gasteiger partial charge in [0.2, 0.25) is 0 Å². The number of carbonyl (C=O) groups is 1. The van der Waals surface area contributed by atoms with Gasteiger partial charge in [0, 0.05) is 24.8 Å². The number of hydrazone groups is 1. The lowest BCUT2D eigenvalue weighted by atomic mass is 10.2. The average Bonchev–Trinajstić information content (AvgIpc) is 2.57. The third kappa shape index (κ3) is 5.50. The summed E-state index contributed by atoms with van der Waals surface area (Å²) in [6.45, 7) is 3.55. The summed E-state index contributed by atoms with van der Waals surface area (Å²) in [6, 6.07) is 13.1. The van der Waals surface area contributed by atoms with E-state index in [1.54, 1.807) is 31.3 Å². The Labute approximate surface area is 153 Å². The fraction of sp³-hybridized carbons (Fsp3) is 0.263. The summed E-state index contributed by atoms with van der Waals surface area (Å²) < 4.78 is 5.66. The molecule has 0 aliphatic heterocycles. The molecule has 132 valence electrons. The molecular weight excluding hydrogens is 338 g/mol. The minimum absolute atomic E-state index is 0.324. The zero-order valence-electron chi connectivity index (χ0n) is 14.8. The number of anilines is 1. The van der Waals surface area contributed by atoms with Crippen LogP contribution in [0.3, 0.4) is 0 Å². The van der Waals surface area contributed by atoms with Gasteiger partial charge in [0.05, 0.1) is 6.21 Å². The third-order valence-corrected chi connectivity index (χ3v) is 3.84. The highest BCUT2D eigenvalue weighted by molar-refractivity contribution is 6.30. The Morgan fingerprint density at radius 1 is 1.24 bits per heavy atom. The molecule has 0 saturated heterocycles. The second-order valence-electron chi connectivity index (χ2n) is 5.89. The summed E-state index contributed by atoms with van der Waals surface area (Å²) in [4.78, 5) is 14.1. The molecule has 0 aliphatic rings. The Balaban J connectivity index is 1.90. The van der Waals surface area contributed by atoms with Crippen LogP contribution < -0.4 is 15.1 Å². The van der Waals surface area contributed by atoms with E-state index in [2.05, 4.69) is 10.5 Å². The summed E-state index contributed by atoms with van der Waals surface area (Å²) in [6.07, 6.45) is 0.922. The molecule has 2 aromatic carbocycles. The molecule has 25 heavy (non-hydrogen) atoms. The lowest BCUT2D eigenvalue weighted by molar-refractivity contribution is -0.127. The van der Waals surface area contributed by atoms with E-state index in [0.29, 0.717) is 10.8 Å². The first-order chi connectivity index (χ1) is 11.9. The zero-order chi connectivity index (χ0) is 18.4. The number of aryl methyl sites for hydroxylation is 1. The number of hydrogen-bond donors (Lipinski definition) is 1. The number of nitrogens with zero attached hydrogens (tertiary/aromatic N) is 2. The normalized spacial score (nSPS) is 12.0. The minimum atomic E-state index is -0.673. The van der Waals surface area contributed by atoms with Gasteiger partial charge >= 0.3 is 0 Å². The van der Waals surface area contributed by atoms with Crippen molar-refractivity contribution in [1.29, 1.82) is 0 Å². The van der Waals surface area contributed by atoms with Crippen molar-refractivity contribution in [3.63, 3.8) is 0 Å². The predicted molar refractivity (Wildman–Crippen MR) is 103 cm³/mol. The monoisotopic (exact) mass is 359 g/mol. The first kappa shape index (κ1) is 18.8. The molecule has 1 amide bonds. The zero-order valence-corrected chi connectivity index (χ0v) is 15.5. The van der Waals surface area contributed by atoms with E-state index in [4.69, 9.17) is 16.3 Å². The molecule has 0 fully saturated rings. The van der Waals surface area contributed by atoms with Gasteiger partial charge in [0.1, 0.15) is 5.75 Å². The van der Waals surface area contributed by atoms with Crippen LogP contribution in [0.1, 0.15) is 18.1 Å². The molecule has 0 spiro atoms. The van der Waals surface area contributed by atoms with Crippen molar-refractivity contribution in [2.24, 2.45) is 5.10 Å². The van der Waals surface area contributed by atoms with E-state index >= 15 is 0 Å². The van der Waals surface area contributed by atoms with Crippen molar-refractivity contribution in [3.05, 3.63) is 58.6 Å². The fourth-order valence-corrected chi connectivity index (χ4v) is 2.34. The molecule has 2 aromatic rings. The van der Waals surface area contributed by atoms with Crippen molar-refractivity contribution in [3.8, 4) is 5.75 Å². The molecule has 0 unspecified atom stereocenters. The van der Waals surface area contributed by atoms with Crippen molar-refractivity contribution >= 4 is 29.4 Å². The summed E-state index contributed by atoms with van der Waals surface area (Å²) in [5.74, 6) is 0.297. The quantitative estimate of drug-likeness (QED) is 0.633. The van der Waals surface area contributed by atoms with Gasteiger partial charge in [-0.05, 0) is 55.3 Å². The van der Waals surface area contributed by atoms with Crippen molar-refractivity contribution in [1.82, 2.24) is 5.43 Å². The molecule has 0 saturated carbocycles. The van der Waals surface area contributed by atoms with E-state index in [9.17, 15) is 4.79 Å². The lowest BCUT2D eigenvalue weighted by Gasteiger charge is -2.15. The van der Waals surface area contributed by atoms with Gasteiger partial charge in [-0.3, -0.25) is 4.79 Å². The third-order valence-electron chi connectivity index (χ3n) is 3.61. The van der Waals surface area contributed by atoms with Crippen LogP contribution in [-0.4, -0.2) is 32.3 Å². The number of hydrogen-bond acceptors (Lipinski definition) is 4. The van der Waals surface area contributed by atoms with E-state index < -0.39 is 6.10 Å². The molecule has 0 aromatic heterocycles. The smallest absolute Gasteiger partial charge is 0.280 e. The Morgan fingerprint density at radius 2 is 1.92 bits per heavy atom. The van der Waals surface area contributed by atoms with E-state index in [-0.39, 0.29) is 5.91 Å². The SMILES string of the molecule is Cc1cc(Cl)ccc1O[C@H](C)C(=O)N/N=C\c1ccc(N(C)C)cc1. The number of nitrogens with one attached hydrogen (secondary N) is 1. The maximum Gasteiger partial charge on any atom is 0.280 e. The largest absolute Gasteiger partial charge is 0.481 e. The number of carbonyl (C=O) groups excluding carboxylic acids is 1. The first-order valence-corrected chi connectivity index (χ1v) is 8.27. The molecular formula is C19H22ClN3O2. The van der Waals surface area contributed by atoms with Crippen LogP contribution in [0.5, 0.6) is 5.75 Å². The van der Waals surface area contributed by atoms with Gasteiger partial charge in [-0.25, -0.2) is 5.43 Å². The molecule has 0 aliphatic carbocycles. The molecule has 5 nitrogen and oxygen atoms in total. The average molecular weight is 360 g/mol. The topological polar surface area (TPSA) is 53.9 Å². The predicted octanol–water partition coefficient (Wildman–Crippen LogP) is 3.63. The molecule has 2 rings (SSSR count). The standard InChI is InChI=1S/C19H22ClN3O2/c1-13-11-16(20)7-10-18(13)25-14(2)19(24)22-21-12-15-5-8-17(9-6-15)23(3)4/h5-12,14H,1-4H3,(H,22,24)/b21-12-/t14-/m1/s1. The van der Waals surface area contributed by atoms with Crippen LogP contribution in [0, 0.1) is 6.92 Å². The number of ether oxygens (including phenoxy) is 1. The van der Waals surface area contributed by atoms with Crippen LogP contribution in [0.15, 0.2) is 47.6 Å². The first-order valence-electron chi connectivity index (χ1n) is 7.90. The Bertz CT molecular complexity index is 758. The second-order valence-corrected chi connectivity index (χ2v) is 6.33. The van der Waals surface area contributed by atoms with E-state index in [0.717, 1.165) is 16.8 Å². The molecule has 0 heterocycles. The number of halogens is 1. The van der Waals surface area contributed by atoms with E-state index in [1.165, 1.54) is 0 Å². The van der Waals surface area contributed by atoms with Gasteiger partial charge in [0.15, 0.2) is 6.10 Å². The van der Waals surface area contributed by atoms with Crippen LogP contribution in [0.4, 0.5) is 5.69 Å². The maximum atomic E-state index is 12.1. The molecule has 0 radical (unpaired) electrons. The maximum absolute atomic E-state index is 12.1.